The Balaban J connectivity index is 1.49. The second-order valence-electron chi connectivity index (χ2n) is 13.8. The number of benzene rings is 2. The summed E-state index contributed by atoms with van der Waals surface area (Å²) in [6.07, 6.45) is 1.08. The summed E-state index contributed by atoms with van der Waals surface area (Å²) >= 11 is 6.65. The summed E-state index contributed by atoms with van der Waals surface area (Å²) in [6.45, 7) is 12.0. The van der Waals surface area contributed by atoms with Crippen molar-refractivity contribution >= 4 is 35.6 Å². The summed E-state index contributed by atoms with van der Waals surface area (Å²) < 4.78 is 14.6. The molecule has 0 saturated heterocycles. The van der Waals surface area contributed by atoms with Crippen molar-refractivity contribution in [1.29, 1.82) is 0 Å². The minimum absolute atomic E-state index is 0.0388. The van der Waals surface area contributed by atoms with E-state index in [4.69, 9.17) is 21.3 Å². The van der Waals surface area contributed by atoms with E-state index in [0.717, 1.165) is 27.9 Å². The monoisotopic (exact) mass is 792 g/mol. The molecule has 0 bridgehead atoms. The zero-order valence-corrected chi connectivity index (χ0v) is 34.2. The maximum atomic E-state index is 13.5. The van der Waals surface area contributed by atoms with E-state index in [1.54, 1.807) is 30.0 Å². The van der Waals surface area contributed by atoms with Crippen molar-refractivity contribution in [3.8, 4) is 33.6 Å². The van der Waals surface area contributed by atoms with Crippen LogP contribution in [-0.4, -0.2) is 107 Å². The number of hydrogen-bond donors (Lipinski definition) is 4. The van der Waals surface area contributed by atoms with Crippen LogP contribution in [0, 0.1) is 5.92 Å². The van der Waals surface area contributed by atoms with Gasteiger partial charge in [-0.2, -0.15) is 0 Å². The van der Waals surface area contributed by atoms with Crippen LogP contribution in [0.1, 0.15) is 71.7 Å². The Kier molecular flexibility index (Phi) is 15.4. The molecule has 0 aliphatic rings. The summed E-state index contributed by atoms with van der Waals surface area (Å²) in [6, 6.07) is 14.1. The van der Waals surface area contributed by atoms with Gasteiger partial charge in [-0.1, -0.05) is 74.0 Å². The topological polar surface area (TPSA) is 184 Å². The van der Waals surface area contributed by atoms with E-state index >= 15 is 0 Å². The third-order valence-electron chi connectivity index (χ3n) is 9.69. The molecule has 5 atom stereocenters. The molecule has 0 radical (unpaired) electrons. The first-order valence-electron chi connectivity index (χ1n) is 18.5. The molecule has 4 aromatic rings. The number of rotatable bonds is 17. The van der Waals surface area contributed by atoms with Crippen LogP contribution in [0.15, 0.2) is 54.7 Å². The van der Waals surface area contributed by atoms with Gasteiger partial charge < -0.3 is 44.6 Å². The number of methoxy groups -OCH3 is 3. The number of nitrogens with one attached hydrogen (secondary N) is 4. The first-order chi connectivity index (χ1) is 26.7. The summed E-state index contributed by atoms with van der Waals surface area (Å²) in [5.74, 6) is 0.629. The first kappa shape index (κ1) is 43.3. The number of amides is 4. The highest BCUT2D eigenvalue weighted by Gasteiger charge is 2.31. The molecule has 4 N–H and O–H groups in total. The number of alkyl carbamates (subject to hydrolysis) is 2. The van der Waals surface area contributed by atoms with Gasteiger partial charge in [0.2, 0.25) is 11.8 Å². The Bertz CT molecular complexity index is 1930. The normalized spacial score (nSPS) is 13.8. The highest BCUT2D eigenvalue weighted by atomic mass is 35.5. The third-order valence-corrected chi connectivity index (χ3v) is 9.97. The van der Waals surface area contributed by atoms with E-state index in [1.807, 2.05) is 83.1 Å². The Morgan fingerprint density at radius 1 is 0.804 bits per heavy atom. The number of carbonyl (C=O) groups excluding carboxylic acids is 4. The molecule has 2 aromatic heterocycles. The van der Waals surface area contributed by atoms with Crippen LogP contribution in [0.25, 0.3) is 33.6 Å². The number of aromatic nitrogens is 4. The van der Waals surface area contributed by atoms with Crippen LogP contribution < -0.4 is 10.6 Å². The van der Waals surface area contributed by atoms with Gasteiger partial charge in [-0.3, -0.25) is 9.59 Å². The molecule has 5 unspecified atom stereocenters. The predicted octanol–water partition coefficient (Wildman–Crippen LogP) is 6.75. The zero-order valence-electron chi connectivity index (χ0n) is 33.4. The number of nitrogens with zero attached hydrogens (tertiary/aromatic N) is 4. The summed E-state index contributed by atoms with van der Waals surface area (Å²) in [4.78, 5) is 69.4. The van der Waals surface area contributed by atoms with Crippen LogP contribution in [0.5, 0.6) is 0 Å². The van der Waals surface area contributed by atoms with Gasteiger partial charge in [0.1, 0.15) is 35.1 Å². The molecular formula is C40H53ClN8O7. The number of halogens is 1. The number of imidazole rings is 2. The molecule has 0 fully saturated rings. The van der Waals surface area contributed by atoms with Gasteiger partial charge in [0.25, 0.3) is 0 Å². The SMILES string of the molecule is CCC(C)N(C(=O)CNC(=O)OC)C(C)c1nc(-c2ccc(-c3ccc(-c4cnc(C(C)N(CC(C)COC)C(=O)C(C)NC(=O)OC)[nH]4)cc3)cc2)c(Cl)[nH]1. The van der Waals surface area contributed by atoms with Gasteiger partial charge in [0.15, 0.2) is 0 Å². The molecule has 2 aromatic carbocycles. The zero-order chi connectivity index (χ0) is 41.1. The molecule has 56 heavy (non-hydrogen) atoms. The molecule has 0 spiro atoms. The van der Waals surface area contributed by atoms with E-state index < -0.39 is 30.3 Å². The third kappa shape index (κ3) is 10.7. The van der Waals surface area contributed by atoms with E-state index in [1.165, 1.54) is 14.2 Å². The number of hydrogen-bond acceptors (Lipinski definition) is 9. The fraction of sp³-hybridized carbons (Fsp3) is 0.450. The average Bonchev–Trinajstić information content (AvgIpc) is 3.86. The lowest BCUT2D eigenvalue weighted by Gasteiger charge is -2.33. The standard InChI is InChI=1S/C40H53ClN8O7/c1-10-24(3)49(33(50)20-43-39(52)55-8)27(6)37-46-34(35(41)47-37)31-17-13-29(14-18-31)28-11-15-30(16-12-28)32-19-42-36(45-32)26(5)48(21-23(2)22-54-7)38(51)25(4)44-40(53)56-9/h11-19,23-27H,10,20-22H2,1-9H3,(H,42,45)(H,43,52)(H,44,53)(H,46,47). The van der Waals surface area contributed by atoms with Crippen LogP contribution in [0.3, 0.4) is 0 Å². The number of H-pyrrole nitrogens is 2. The lowest BCUT2D eigenvalue weighted by molar-refractivity contribution is -0.136. The van der Waals surface area contributed by atoms with Gasteiger partial charge in [-0.25, -0.2) is 19.6 Å². The van der Waals surface area contributed by atoms with Crippen molar-refractivity contribution < 1.29 is 33.4 Å². The summed E-state index contributed by atoms with van der Waals surface area (Å²) in [7, 11) is 4.12. The fourth-order valence-electron chi connectivity index (χ4n) is 6.41. The Morgan fingerprint density at radius 2 is 1.39 bits per heavy atom. The molecule has 4 rings (SSSR count). The van der Waals surface area contributed by atoms with Crippen molar-refractivity contribution in [3.63, 3.8) is 0 Å². The van der Waals surface area contributed by atoms with Crippen LogP contribution in [0.4, 0.5) is 9.59 Å². The van der Waals surface area contributed by atoms with Gasteiger partial charge in [-0.15, -0.1) is 0 Å². The minimum atomic E-state index is -0.806. The minimum Gasteiger partial charge on any atom is -0.453 e. The number of carbonyl (C=O) groups is 4. The van der Waals surface area contributed by atoms with Crippen molar-refractivity contribution in [3.05, 3.63) is 71.5 Å². The molecule has 0 aliphatic heterocycles. The lowest BCUT2D eigenvalue weighted by atomic mass is 10.0. The van der Waals surface area contributed by atoms with Crippen LogP contribution in [-0.2, 0) is 23.8 Å². The maximum Gasteiger partial charge on any atom is 0.407 e. The maximum absolute atomic E-state index is 13.5. The summed E-state index contributed by atoms with van der Waals surface area (Å²) in [5.41, 5.74) is 5.05. The Hall–Kier alpha value is -5.41. The van der Waals surface area contributed by atoms with Gasteiger partial charge in [-0.05, 0) is 56.7 Å². The van der Waals surface area contributed by atoms with Crippen molar-refractivity contribution in [1.82, 2.24) is 40.4 Å². The van der Waals surface area contributed by atoms with Gasteiger partial charge in [0.05, 0.1) is 44.8 Å². The molecule has 2 heterocycles. The first-order valence-corrected chi connectivity index (χ1v) is 18.9. The highest BCUT2D eigenvalue weighted by Crippen LogP contribution is 2.33. The molecule has 4 amide bonds. The molecule has 16 heteroatoms. The van der Waals surface area contributed by atoms with E-state index in [9.17, 15) is 19.2 Å². The molecule has 302 valence electrons. The van der Waals surface area contributed by atoms with Crippen molar-refractivity contribution in [2.75, 3.05) is 41.0 Å². The van der Waals surface area contributed by atoms with Gasteiger partial charge in [0, 0.05) is 25.3 Å². The summed E-state index contributed by atoms with van der Waals surface area (Å²) in [5, 5.41) is 5.37. The van der Waals surface area contributed by atoms with E-state index in [2.05, 4.69) is 35.1 Å². The van der Waals surface area contributed by atoms with E-state index in [-0.39, 0.29) is 30.3 Å². The van der Waals surface area contributed by atoms with Crippen molar-refractivity contribution in [2.24, 2.45) is 5.92 Å². The lowest BCUT2D eigenvalue weighted by Crippen LogP contribution is -2.49. The highest BCUT2D eigenvalue weighted by molar-refractivity contribution is 6.31. The largest absolute Gasteiger partial charge is 0.453 e. The molecule has 15 nitrogen and oxygen atoms in total. The Labute approximate surface area is 332 Å². The molecular weight excluding hydrogens is 740 g/mol. The second kappa shape index (κ2) is 20.0. The fourth-order valence-corrected chi connectivity index (χ4v) is 6.65. The van der Waals surface area contributed by atoms with Crippen LogP contribution >= 0.6 is 11.6 Å². The van der Waals surface area contributed by atoms with Crippen molar-refractivity contribution in [2.45, 2.75) is 72.1 Å². The van der Waals surface area contributed by atoms with Gasteiger partial charge >= 0.3 is 12.2 Å². The molecule has 0 saturated carbocycles. The predicted molar refractivity (Wildman–Crippen MR) is 214 cm³/mol. The van der Waals surface area contributed by atoms with E-state index in [0.29, 0.717) is 42.1 Å². The average molecular weight is 793 g/mol. The number of aromatic amines is 2. The Morgan fingerprint density at radius 3 is 1.96 bits per heavy atom. The van der Waals surface area contributed by atoms with Crippen LogP contribution in [0.2, 0.25) is 5.15 Å². The second-order valence-corrected chi connectivity index (χ2v) is 14.2. The quantitative estimate of drug-likeness (QED) is 0.0899. The number of ether oxygens (including phenoxy) is 3. The smallest absolute Gasteiger partial charge is 0.407 e. The molecule has 0 aliphatic carbocycles.